The van der Waals surface area contributed by atoms with Crippen molar-refractivity contribution in [1.82, 2.24) is 19.6 Å². The van der Waals surface area contributed by atoms with Gasteiger partial charge in [-0.15, -0.1) is 0 Å². The van der Waals surface area contributed by atoms with E-state index in [1.165, 1.54) is 0 Å². The summed E-state index contributed by atoms with van der Waals surface area (Å²) in [6.07, 6.45) is 5.02. The van der Waals surface area contributed by atoms with E-state index in [1.807, 2.05) is 49.4 Å². The summed E-state index contributed by atoms with van der Waals surface area (Å²) in [5, 5.41) is 13.7. The second-order valence-electron chi connectivity index (χ2n) is 14.3. The van der Waals surface area contributed by atoms with Crippen LogP contribution in [0.3, 0.4) is 0 Å². The second-order valence-corrected chi connectivity index (χ2v) is 25.6. The quantitative estimate of drug-likeness (QED) is 0.113. The van der Waals surface area contributed by atoms with Crippen molar-refractivity contribution < 1.29 is 19.0 Å². The van der Waals surface area contributed by atoms with Gasteiger partial charge in [0.2, 0.25) is 0 Å². The highest BCUT2D eigenvalue weighted by Crippen LogP contribution is 2.23. The van der Waals surface area contributed by atoms with Crippen LogP contribution in [0.15, 0.2) is 18.3 Å². The van der Waals surface area contributed by atoms with Crippen molar-refractivity contribution in [2.45, 2.75) is 97.5 Å². The third-order valence-electron chi connectivity index (χ3n) is 6.66. The Balaban J connectivity index is 2.27. The van der Waals surface area contributed by atoms with Gasteiger partial charge in [0.25, 0.3) is 0 Å². The third kappa shape index (κ3) is 12.7. The van der Waals surface area contributed by atoms with Gasteiger partial charge in [-0.05, 0) is 58.7 Å². The van der Waals surface area contributed by atoms with Gasteiger partial charge in [0, 0.05) is 72.0 Å². The molecule has 0 radical (unpaired) electrons. The fraction of sp³-hybridized carbons (Fsp3) is 0.759. The number of carbonyl (C=O) groups excluding carboxylic acids is 1. The smallest absolute Gasteiger partial charge is 0.410 e. The summed E-state index contributed by atoms with van der Waals surface area (Å²) >= 11 is 0. The topological polar surface area (TPSA) is 92.9 Å². The van der Waals surface area contributed by atoms with Gasteiger partial charge in [-0.3, -0.25) is 0 Å². The van der Waals surface area contributed by atoms with Crippen molar-refractivity contribution in [3.63, 3.8) is 0 Å². The fourth-order valence-corrected chi connectivity index (χ4v) is 5.67. The zero-order chi connectivity index (χ0) is 30.1. The number of piperidine rings is 1. The molecule has 1 aromatic rings. The highest BCUT2D eigenvalue weighted by Gasteiger charge is 2.30. The van der Waals surface area contributed by atoms with Crippen molar-refractivity contribution >= 4 is 33.8 Å². The number of carbonyl (C=O) groups is 1. The summed E-state index contributed by atoms with van der Waals surface area (Å²) in [6, 6.07) is 4.11. The minimum atomic E-state index is -1.23. The highest BCUT2D eigenvalue weighted by atomic mass is 28.3. The van der Waals surface area contributed by atoms with Crippen LogP contribution in [-0.2, 0) is 14.2 Å². The molecule has 0 aliphatic carbocycles. The number of aromatic nitrogens is 2. The average molecular weight is 594 g/mol. The lowest BCUT2D eigenvalue weighted by molar-refractivity contribution is -0.00935. The molecule has 1 fully saturated rings. The number of amides is 1. The molecule has 228 valence electrons. The van der Waals surface area contributed by atoms with E-state index in [0.717, 1.165) is 36.4 Å². The number of ether oxygens (including phenoxy) is 3. The molecule has 0 spiro atoms. The number of hydrogen-bond acceptors (Lipinski definition) is 7. The van der Waals surface area contributed by atoms with Gasteiger partial charge in [0.1, 0.15) is 24.9 Å². The van der Waals surface area contributed by atoms with Crippen molar-refractivity contribution in [2.75, 3.05) is 39.8 Å². The van der Waals surface area contributed by atoms with E-state index in [0.29, 0.717) is 45.5 Å². The molecule has 1 aromatic heterocycles. The number of likely N-dealkylation sites (tertiary alicyclic amines) is 1. The Morgan fingerprint density at radius 1 is 1.10 bits per heavy atom. The first-order valence-corrected chi connectivity index (χ1v) is 22.1. The summed E-state index contributed by atoms with van der Waals surface area (Å²) in [4.78, 5) is 16.5. The van der Waals surface area contributed by atoms with E-state index in [1.54, 1.807) is 11.1 Å². The summed E-state index contributed by atoms with van der Waals surface area (Å²) < 4.78 is 19.8. The van der Waals surface area contributed by atoms with Crippen LogP contribution in [0.1, 0.15) is 39.3 Å². The molecule has 1 aliphatic rings. The Morgan fingerprint density at radius 2 is 1.68 bits per heavy atom. The molecule has 1 atom stereocenters. The predicted octanol–water partition coefficient (Wildman–Crippen LogP) is 6.58. The molecule has 0 saturated carbocycles. The van der Waals surface area contributed by atoms with Crippen molar-refractivity contribution in [2.24, 2.45) is 5.92 Å². The minimum absolute atomic E-state index is 0.0883. The van der Waals surface area contributed by atoms with Crippen LogP contribution in [0, 0.1) is 18.3 Å². The van der Waals surface area contributed by atoms with Crippen LogP contribution in [-0.4, -0.2) is 92.9 Å². The molecule has 9 nitrogen and oxygen atoms in total. The molecule has 2 rings (SSSR count). The van der Waals surface area contributed by atoms with Crippen LogP contribution in [0.4, 0.5) is 4.79 Å². The lowest BCUT2D eigenvalue weighted by Crippen LogP contribution is -2.44. The Kier molecular flexibility index (Phi) is 12.7. The largest absolute Gasteiger partial charge is 0.444 e. The van der Waals surface area contributed by atoms with Crippen molar-refractivity contribution in [3.05, 3.63) is 24.0 Å². The van der Waals surface area contributed by atoms with E-state index in [9.17, 15) is 4.79 Å². The monoisotopic (exact) mass is 593 g/mol. The van der Waals surface area contributed by atoms with Crippen LogP contribution >= 0.6 is 0 Å². The fourth-order valence-electron chi connectivity index (χ4n) is 4.15. The second kappa shape index (κ2) is 14.8. The van der Waals surface area contributed by atoms with Gasteiger partial charge in [-0.1, -0.05) is 39.3 Å². The van der Waals surface area contributed by atoms with E-state index < -0.39 is 21.7 Å². The Hall–Kier alpha value is -1.96. The molecule has 0 bridgehead atoms. The number of hydrogen-bond donors (Lipinski definition) is 1. The predicted molar refractivity (Wildman–Crippen MR) is 169 cm³/mol. The van der Waals surface area contributed by atoms with Crippen LogP contribution < -0.4 is 0 Å². The first-order valence-electron chi connectivity index (χ1n) is 14.6. The van der Waals surface area contributed by atoms with E-state index in [-0.39, 0.29) is 12.0 Å². The SMILES string of the molecule is Cc1ccnn1/C(=C\C(=N)C1CCCN(C(=O)OC(C)(C)C)C1)N(COCC[Si](C)(C)C)COCC[Si](C)(C)C. The number of rotatable bonds is 14. The number of allylic oxidation sites excluding steroid dienone is 1. The molecular weight excluding hydrogens is 539 g/mol. The minimum Gasteiger partial charge on any atom is -0.444 e. The molecule has 1 aliphatic heterocycles. The summed E-state index contributed by atoms with van der Waals surface area (Å²) in [5.74, 6) is 0.664. The normalized spacial score (nSPS) is 17.2. The van der Waals surface area contributed by atoms with Gasteiger partial charge < -0.3 is 29.4 Å². The lowest BCUT2D eigenvalue weighted by atomic mass is 9.93. The van der Waals surface area contributed by atoms with Crippen molar-refractivity contribution in [1.29, 1.82) is 5.41 Å². The molecule has 1 N–H and O–H groups in total. The van der Waals surface area contributed by atoms with Gasteiger partial charge >= 0.3 is 6.09 Å². The molecule has 0 aromatic carbocycles. The maximum Gasteiger partial charge on any atom is 0.410 e. The maximum atomic E-state index is 12.7. The van der Waals surface area contributed by atoms with E-state index in [4.69, 9.17) is 19.6 Å². The van der Waals surface area contributed by atoms with Gasteiger partial charge in [-0.25, -0.2) is 9.48 Å². The zero-order valence-electron chi connectivity index (χ0n) is 26.8. The van der Waals surface area contributed by atoms with E-state index >= 15 is 0 Å². The molecule has 1 amide bonds. The van der Waals surface area contributed by atoms with Crippen molar-refractivity contribution in [3.8, 4) is 0 Å². The number of aryl methyl sites for hydroxylation is 1. The summed E-state index contributed by atoms with van der Waals surface area (Å²) in [6.45, 7) is 24.9. The zero-order valence-corrected chi connectivity index (χ0v) is 28.8. The summed E-state index contributed by atoms with van der Waals surface area (Å²) in [7, 11) is -2.46. The molecular formula is C29H55N5O4Si2. The van der Waals surface area contributed by atoms with Crippen LogP contribution in [0.2, 0.25) is 51.4 Å². The maximum absolute atomic E-state index is 12.7. The standard InChI is InChI=1S/C29H55N5O4Si2/c1-24-13-14-31-34(24)27(20-26(30)25-12-11-15-32(21-25)28(35)38-29(2,3)4)33(22-36-16-18-39(5,6)7)23-37-17-19-40(8,9)10/h13-14,20,25,30H,11-12,15-19,21-23H2,1-10H3/b27-20-,30-26?. The Labute approximate surface area is 244 Å². The van der Waals surface area contributed by atoms with Gasteiger partial charge in [-0.2, -0.15) is 5.10 Å². The molecule has 1 saturated heterocycles. The molecule has 40 heavy (non-hydrogen) atoms. The van der Waals surface area contributed by atoms with Crippen LogP contribution in [0.25, 0.3) is 5.82 Å². The lowest BCUT2D eigenvalue weighted by Gasteiger charge is -2.34. The summed E-state index contributed by atoms with van der Waals surface area (Å²) in [5.41, 5.74) is 0.882. The molecule has 1 unspecified atom stereocenters. The Bertz CT molecular complexity index is 970. The molecule has 11 heteroatoms. The third-order valence-corrected chi connectivity index (χ3v) is 10.1. The first kappa shape index (κ1) is 34.2. The first-order chi connectivity index (χ1) is 18.5. The average Bonchev–Trinajstić information content (AvgIpc) is 3.24. The molecule has 2 heterocycles. The number of nitrogens with zero attached hydrogens (tertiary/aromatic N) is 4. The van der Waals surface area contributed by atoms with Crippen LogP contribution in [0.5, 0.6) is 0 Å². The highest BCUT2D eigenvalue weighted by molar-refractivity contribution is 6.76. The van der Waals surface area contributed by atoms with Gasteiger partial charge in [0.05, 0.1) is 0 Å². The van der Waals surface area contributed by atoms with E-state index in [2.05, 4.69) is 44.4 Å². The number of nitrogens with one attached hydrogen (secondary N) is 1. The Morgan fingerprint density at radius 3 is 2.15 bits per heavy atom. The van der Waals surface area contributed by atoms with Gasteiger partial charge in [0.15, 0.2) is 0 Å².